The Hall–Kier alpha value is -1.99. The Labute approximate surface area is 164 Å². The van der Waals surface area contributed by atoms with Crippen LogP contribution < -0.4 is 4.90 Å². The molecule has 4 rings (SSSR count). The smallest absolute Gasteiger partial charge is 0.291 e. The summed E-state index contributed by atoms with van der Waals surface area (Å²) >= 11 is 5.34. The molecule has 7 heteroatoms. The SMILES string of the molecule is O=C1CCCN1Cc1nn(C[NH+]2CCC(Cc3ccccc3)CC2)c(=S)o1. The van der Waals surface area contributed by atoms with Gasteiger partial charge < -0.3 is 14.2 Å². The number of benzene rings is 1. The lowest BCUT2D eigenvalue weighted by Crippen LogP contribution is -3.12. The molecule has 2 aliphatic heterocycles. The standard InChI is InChI=1S/C20H26N4O2S/c25-19-7-4-10-23(19)14-18-21-24(20(27)26-18)15-22-11-8-17(9-12-22)13-16-5-2-1-3-6-16/h1-3,5-6,17H,4,7-15H2/p+1. The summed E-state index contributed by atoms with van der Waals surface area (Å²) in [6.07, 6.45) is 5.17. The summed E-state index contributed by atoms with van der Waals surface area (Å²) in [5, 5.41) is 4.52. The molecule has 0 saturated carbocycles. The first-order valence-electron chi connectivity index (χ1n) is 9.89. The molecule has 27 heavy (non-hydrogen) atoms. The topological polar surface area (TPSA) is 55.7 Å². The van der Waals surface area contributed by atoms with Crippen LogP contribution in [0.25, 0.3) is 0 Å². The predicted molar refractivity (Wildman–Crippen MR) is 104 cm³/mol. The quantitative estimate of drug-likeness (QED) is 0.769. The summed E-state index contributed by atoms with van der Waals surface area (Å²) in [6.45, 7) is 4.23. The number of hydrogen-bond acceptors (Lipinski definition) is 4. The van der Waals surface area contributed by atoms with Crippen LogP contribution in [-0.2, 0) is 24.4 Å². The highest BCUT2D eigenvalue weighted by Crippen LogP contribution is 2.17. The molecule has 0 spiro atoms. The van der Waals surface area contributed by atoms with Gasteiger partial charge in [-0.15, -0.1) is 5.10 Å². The van der Waals surface area contributed by atoms with Crippen molar-refractivity contribution in [1.29, 1.82) is 0 Å². The molecule has 1 N–H and O–H groups in total. The molecule has 2 aliphatic rings. The first-order chi connectivity index (χ1) is 13.2. The van der Waals surface area contributed by atoms with Crippen LogP contribution in [-0.4, -0.2) is 40.2 Å². The average molecular weight is 388 g/mol. The molecule has 3 heterocycles. The van der Waals surface area contributed by atoms with Crippen LogP contribution in [0.3, 0.4) is 0 Å². The molecule has 1 amide bonds. The second kappa shape index (κ2) is 8.35. The fraction of sp³-hybridized carbons (Fsp3) is 0.550. The third-order valence-corrected chi connectivity index (χ3v) is 5.99. The molecule has 144 valence electrons. The summed E-state index contributed by atoms with van der Waals surface area (Å²) in [6, 6.07) is 10.8. The van der Waals surface area contributed by atoms with E-state index in [9.17, 15) is 4.79 Å². The van der Waals surface area contributed by atoms with Crippen LogP contribution in [0.1, 0.15) is 37.1 Å². The van der Waals surface area contributed by atoms with Crippen molar-refractivity contribution in [2.45, 2.75) is 45.3 Å². The number of amides is 1. The number of carbonyl (C=O) groups excluding carboxylic acids is 1. The van der Waals surface area contributed by atoms with Crippen LogP contribution >= 0.6 is 12.2 Å². The minimum atomic E-state index is 0.178. The van der Waals surface area contributed by atoms with Gasteiger partial charge in [0, 0.05) is 13.0 Å². The Morgan fingerprint density at radius 2 is 2.00 bits per heavy atom. The Morgan fingerprint density at radius 3 is 2.70 bits per heavy atom. The number of piperidine rings is 1. The van der Waals surface area contributed by atoms with Gasteiger partial charge in [-0.2, -0.15) is 4.68 Å². The summed E-state index contributed by atoms with van der Waals surface area (Å²) in [5.74, 6) is 1.49. The lowest BCUT2D eigenvalue weighted by atomic mass is 9.90. The number of nitrogens with one attached hydrogen (secondary N) is 1. The van der Waals surface area contributed by atoms with E-state index in [0.29, 0.717) is 23.7 Å². The molecule has 2 saturated heterocycles. The molecule has 1 aromatic heterocycles. The fourth-order valence-electron chi connectivity index (χ4n) is 4.15. The minimum Gasteiger partial charge on any atom is -0.412 e. The largest absolute Gasteiger partial charge is 0.412 e. The van der Waals surface area contributed by atoms with E-state index < -0.39 is 0 Å². The van der Waals surface area contributed by atoms with E-state index >= 15 is 0 Å². The van der Waals surface area contributed by atoms with Crippen LogP contribution in [0.4, 0.5) is 0 Å². The van der Waals surface area contributed by atoms with Gasteiger partial charge in [0.2, 0.25) is 11.8 Å². The molecule has 0 unspecified atom stereocenters. The highest BCUT2D eigenvalue weighted by molar-refractivity contribution is 7.71. The van der Waals surface area contributed by atoms with Crippen molar-refractivity contribution in [3.63, 3.8) is 0 Å². The van der Waals surface area contributed by atoms with E-state index in [1.165, 1.54) is 29.7 Å². The summed E-state index contributed by atoms with van der Waals surface area (Å²) in [5.41, 5.74) is 1.44. The number of hydrogen-bond donors (Lipinski definition) is 1. The second-order valence-electron chi connectivity index (χ2n) is 7.72. The highest BCUT2D eigenvalue weighted by atomic mass is 32.1. The maximum absolute atomic E-state index is 11.8. The molecule has 2 fully saturated rings. The normalized spacial score (nSPS) is 23.1. The van der Waals surface area contributed by atoms with E-state index in [1.807, 2.05) is 0 Å². The third kappa shape index (κ3) is 4.65. The van der Waals surface area contributed by atoms with Gasteiger partial charge in [0.05, 0.1) is 19.6 Å². The number of rotatable bonds is 6. The molecule has 0 aliphatic carbocycles. The number of carbonyl (C=O) groups is 1. The molecule has 6 nitrogen and oxygen atoms in total. The van der Waals surface area contributed by atoms with Gasteiger partial charge in [-0.25, -0.2) is 0 Å². The molecule has 0 radical (unpaired) electrons. The number of aromatic nitrogens is 2. The van der Waals surface area contributed by atoms with Crippen molar-refractivity contribution in [3.05, 3.63) is 46.6 Å². The zero-order valence-corrected chi connectivity index (χ0v) is 16.4. The summed E-state index contributed by atoms with van der Waals surface area (Å²) < 4.78 is 7.42. The first-order valence-corrected chi connectivity index (χ1v) is 10.3. The van der Waals surface area contributed by atoms with E-state index in [-0.39, 0.29) is 5.91 Å². The second-order valence-corrected chi connectivity index (χ2v) is 8.07. The van der Waals surface area contributed by atoms with Gasteiger partial charge >= 0.3 is 0 Å². The van der Waals surface area contributed by atoms with Crippen LogP contribution in [0, 0.1) is 10.8 Å². The summed E-state index contributed by atoms with van der Waals surface area (Å²) in [7, 11) is 0. The Bertz CT molecular complexity index is 824. The highest BCUT2D eigenvalue weighted by Gasteiger charge is 2.25. The van der Waals surface area contributed by atoms with Crippen molar-refractivity contribution in [2.24, 2.45) is 5.92 Å². The van der Waals surface area contributed by atoms with E-state index in [4.69, 9.17) is 16.6 Å². The van der Waals surface area contributed by atoms with Gasteiger partial charge in [0.1, 0.15) is 0 Å². The molecule has 0 bridgehead atoms. The Kier molecular flexibility index (Phi) is 5.69. The monoisotopic (exact) mass is 387 g/mol. The number of likely N-dealkylation sites (tertiary alicyclic amines) is 2. The maximum Gasteiger partial charge on any atom is 0.291 e. The minimum absolute atomic E-state index is 0.178. The van der Waals surface area contributed by atoms with Gasteiger partial charge in [0.15, 0.2) is 6.67 Å². The van der Waals surface area contributed by atoms with Crippen molar-refractivity contribution >= 4 is 18.1 Å². The molecule has 1 aromatic carbocycles. The van der Waals surface area contributed by atoms with Crippen LogP contribution in [0.2, 0.25) is 0 Å². The molecular formula is C20H27N4O2S+. The molecule has 2 aromatic rings. The zero-order chi connectivity index (χ0) is 18.6. The fourth-order valence-corrected chi connectivity index (χ4v) is 4.36. The van der Waals surface area contributed by atoms with Crippen LogP contribution in [0.5, 0.6) is 0 Å². The predicted octanol–water partition coefficient (Wildman–Crippen LogP) is 1.82. The molecular weight excluding hydrogens is 360 g/mol. The number of quaternary nitrogens is 1. The van der Waals surface area contributed by atoms with Gasteiger partial charge in [-0.05, 0) is 49.4 Å². The maximum atomic E-state index is 11.8. The lowest BCUT2D eigenvalue weighted by Gasteiger charge is -2.28. The van der Waals surface area contributed by atoms with Crippen molar-refractivity contribution in [1.82, 2.24) is 14.7 Å². The van der Waals surface area contributed by atoms with E-state index in [0.717, 1.165) is 38.6 Å². The van der Waals surface area contributed by atoms with Crippen molar-refractivity contribution in [3.8, 4) is 0 Å². The molecule has 0 atom stereocenters. The van der Waals surface area contributed by atoms with E-state index in [2.05, 4.69) is 35.4 Å². The van der Waals surface area contributed by atoms with Crippen molar-refractivity contribution < 1.29 is 14.1 Å². The Morgan fingerprint density at radius 1 is 1.22 bits per heavy atom. The van der Waals surface area contributed by atoms with Gasteiger partial charge in [0.25, 0.3) is 4.84 Å². The average Bonchev–Trinajstić information content (AvgIpc) is 3.23. The third-order valence-electron chi connectivity index (χ3n) is 5.70. The van der Waals surface area contributed by atoms with Crippen molar-refractivity contribution in [2.75, 3.05) is 19.6 Å². The van der Waals surface area contributed by atoms with Crippen LogP contribution in [0.15, 0.2) is 34.7 Å². The van der Waals surface area contributed by atoms with Gasteiger partial charge in [-0.1, -0.05) is 30.3 Å². The van der Waals surface area contributed by atoms with E-state index in [1.54, 1.807) is 9.58 Å². The lowest BCUT2D eigenvalue weighted by molar-refractivity contribution is -0.929. The number of nitrogens with zero attached hydrogens (tertiary/aromatic N) is 3. The first kappa shape index (κ1) is 18.4. The van der Waals surface area contributed by atoms with Gasteiger partial charge in [-0.3, -0.25) is 4.79 Å². The summed E-state index contributed by atoms with van der Waals surface area (Å²) in [4.78, 5) is 15.5. The Balaban J connectivity index is 1.29. The zero-order valence-electron chi connectivity index (χ0n) is 15.6.